The predicted octanol–water partition coefficient (Wildman–Crippen LogP) is 5.46. The number of aromatic nitrogens is 2. The largest absolute Gasteiger partial charge is 0.370 e. The molecule has 2 aromatic carbocycles. The van der Waals surface area contributed by atoms with Crippen molar-refractivity contribution in [3.05, 3.63) is 77.8 Å². The van der Waals surface area contributed by atoms with Crippen molar-refractivity contribution in [2.24, 2.45) is 0 Å². The molecule has 1 saturated heterocycles. The van der Waals surface area contributed by atoms with Crippen LogP contribution in [0.1, 0.15) is 51.1 Å². The molecule has 0 bridgehead atoms. The van der Waals surface area contributed by atoms with Gasteiger partial charge in [0, 0.05) is 32.4 Å². The van der Waals surface area contributed by atoms with E-state index in [1.54, 1.807) is 5.56 Å². The van der Waals surface area contributed by atoms with Gasteiger partial charge >= 0.3 is 0 Å². The van der Waals surface area contributed by atoms with Crippen molar-refractivity contribution >= 4 is 21.5 Å². The summed E-state index contributed by atoms with van der Waals surface area (Å²) in [5.41, 5.74) is 3.37. The molecule has 1 aliphatic carbocycles. The molecule has 2 heterocycles. The molecule has 2 fully saturated rings. The number of hydrogen-bond donors (Lipinski definition) is 1. The fourth-order valence-electron chi connectivity index (χ4n) is 4.62. The number of hydrogen-bond acceptors (Lipinski definition) is 6. The molecule has 1 aliphatic heterocycles. The van der Waals surface area contributed by atoms with Gasteiger partial charge in [0.15, 0.2) is 4.90 Å². The lowest BCUT2D eigenvalue weighted by molar-refractivity contribution is 0.258. The zero-order valence-electron chi connectivity index (χ0n) is 22.1. The first-order valence-electron chi connectivity index (χ1n) is 13.0. The summed E-state index contributed by atoms with van der Waals surface area (Å²) < 4.78 is 56.0. The van der Waals surface area contributed by atoms with E-state index in [2.05, 4.69) is 50.8 Å². The third-order valence-corrected chi connectivity index (χ3v) is 8.38. The maximum absolute atomic E-state index is 14.6. The van der Waals surface area contributed by atoms with Gasteiger partial charge in [-0.3, -0.25) is 4.72 Å². The molecule has 10 heteroatoms. The molecular weight excluding hydrogens is 508 g/mol. The Labute approximate surface area is 225 Å². The first-order chi connectivity index (χ1) is 18.2. The number of nitrogens with zero attached hydrogens (tertiary/aromatic N) is 4. The molecule has 0 radical (unpaired) electrons. The molecule has 0 amide bonds. The molecule has 1 saturated carbocycles. The predicted molar refractivity (Wildman–Crippen MR) is 148 cm³/mol. The first-order valence-corrected chi connectivity index (χ1v) is 14.4. The zero-order chi connectivity index (χ0) is 27.3. The van der Waals surface area contributed by atoms with E-state index in [-0.39, 0.29) is 13.3 Å². The summed E-state index contributed by atoms with van der Waals surface area (Å²) in [4.78, 5) is 10.3. The highest BCUT2D eigenvalue weighted by Crippen LogP contribution is 2.40. The van der Waals surface area contributed by atoms with Gasteiger partial charge in [0.1, 0.15) is 23.8 Å². The highest BCUT2D eigenvalue weighted by molar-refractivity contribution is 7.92. The number of likely N-dealkylation sites (N-methyl/N-ethyl adjacent to an activating group) is 1. The minimum absolute atomic E-state index is 0. The monoisotopic (exact) mass is 545 g/mol. The van der Waals surface area contributed by atoms with E-state index in [4.69, 9.17) is 0 Å². The van der Waals surface area contributed by atoms with Gasteiger partial charge in [0.05, 0.1) is 0 Å². The number of nitrogens with one attached hydrogen (secondary N) is 1. The topological polar surface area (TPSA) is 78.4 Å². The second-order valence-corrected chi connectivity index (χ2v) is 11.6. The minimum atomic E-state index is -4.46. The van der Waals surface area contributed by atoms with Gasteiger partial charge in [0.25, 0.3) is 10.0 Å². The van der Waals surface area contributed by atoms with Crippen molar-refractivity contribution in [3.8, 4) is 0 Å². The Morgan fingerprint density at radius 3 is 2.45 bits per heavy atom. The molecule has 1 atom stereocenters. The summed E-state index contributed by atoms with van der Waals surface area (Å²) in [7, 11) is -0.539. The summed E-state index contributed by atoms with van der Waals surface area (Å²) in [6.07, 6.45) is 8.33. The average molecular weight is 546 g/mol. The zero-order valence-corrected chi connectivity index (χ0v) is 22.9. The Bertz CT molecular complexity index is 1320. The van der Waals surface area contributed by atoms with Gasteiger partial charge in [-0.2, -0.15) is 0 Å². The van der Waals surface area contributed by atoms with E-state index in [1.807, 2.05) is 19.0 Å². The normalized spacial score (nSPS) is 17.6. The fourth-order valence-corrected chi connectivity index (χ4v) is 5.75. The summed E-state index contributed by atoms with van der Waals surface area (Å²) in [5.74, 6) is -1.45. The van der Waals surface area contributed by atoms with Gasteiger partial charge in [-0.1, -0.05) is 31.2 Å². The summed E-state index contributed by atoms with van der Waals surface area (Å²) in [6, 6.07) is 12.7. The number of benzene rings is 2. The molecular formula is C28H37F2N5O2S. The standard InChI is InChI=1S/C17H21F2N5O2S.C11H14.H2/c1-23(2)12-4-3-7-24(10-12)13-8-14(18)17(15(19)9-13)27(25,26)22-16-5-6-20-11-21-16;1-2-9-4-3-5-11(8-9)10-6-7-10;/h5-6,8-9,11-12H,3-4,7,10H2,1-2H3,(H,20,21,22);3-5,8,10H,2,6-7H2,1H3;1H. The van der Waals surface area contributed by atoms with E-state index in [9.17, 15) is 17.2 Å². The van der Waals surface area contributed by atoms with E-state index >= 15 is 0 Å². The highest BCUT2D eigenvalue weighted by Gasteiger charge is 2.28. The van der Waals surface area contributed by atoms with E-state index in [0.29, 0.717) is 18.8 Å². The molecule has 0 spiro atoms. The number of anilines is 2. The number of sulfonamides is 1. The van der Waals surface area contributed by atoms with Crippen molar-refractivity contribution in [1.29, 1.82) is 0 Å². The lowest BCUT2D eigenvalue weighted by Crippen LogP contribution is -2.45. The van der Waals surface area contributed by atoms with Crippen LogP contribution in [0.3, 0.4) is 0 Å². The van der Waals surface area contributed by atoms with Crippen LogP contribution >= 0.6 is 0 Å². The average Bonchev–Trinajstić information content (AvgIpc) is 3.75. The van der Waals surface area contributed by atoms with Crippen LogP contribution in [0.15, 0.2) is 59.9 Å². The van der Waals surface area contributed by atoms with Crippen molar-refractivity contribution < 1.29 is 18.6 Å². The summed E-state index contributed by atoms with van der Waals surface area (Å²) in [5, 5.41) is 0. The number of halogens is 2. The van der Waals surface area contributed by atoms with Gasteiger partial charge in [0.2, 0.25) is 0 Å². The van der Waals surface area contributed by atoms with Crippen molar-refractivity contribution in [2.45, 2.75) is 55.9 Å². The van der Waals surface area contributed by atoms with Gasteiger partial charge in [-0.15, -0.1) is 0 Å². The Kier molecular flexibility index (Phi) is 8.94. The van der Waals surface area contributed by atoms with Crippen molar-refractivity contribution in [2.75, 3.05) is 36.8 Å². The molecule has 7 nitrogen and oxygen atoms in total. The van der Waals surface area contributed by atoms with Crippen LogP contribution in [0.25, 0.3) is 0 Å². The molecule has 2 aliphatic rings. The Hall–Kier alpha value is -3.11. The highest BCUT2D eigenvalue weighted by atomic mass is 32.2. The SMILES string of the molecule is CCc1cccc(C2CC2)c1.CN(C)C1CCCN(c2cc(F)c(S(=O)(=O)Nc3ccncn3)c(F)c2)C1.[HH]. The second kappa shape index (κ2) is 12.2. The van der Waals surface area contributed by atoms with E-state index in [0.717, 1.165) is 37.2 Å². The van der Waals surface area contributed by atoms with Crippen LogP contribution in [0.5, 0.6) is 0 Å². The Morgan fingerprint density at radius 2 is 1.84 bits per heavy atom. The number of aryl methyl sites for hydroxylation is 1. The minimum Gasteiger partial charge on any atom is -0.370 e. The Balaban J connectivity index is 0.000000292. The third kappa shape index (κ3) is 7.05. The lowest BCUT2D eigenvalue weighted by atomic mass is 10.0. The number of piperidine rings is 1. The van der Waals surface area contributed by atoms with Crippen LogP contribution in [0.4, 0.5) is 20.3 Å². The van der Waals surface area contributed by atoms with E-state index in [1.165, 1.54) is 37.1 Å². The lowest BCUT2D eigenvalue weighted by Gasteiger charge is -2.37. The van der Waals surface area contributed by atoms with Crippen LogP contribution in [-0.4, -0.2) is 56.5 Å². The van der Waals surface area contributed by atoms with Gasteiger partial charge in [-0.25, -0.2) is 27.2 Å². The van der Waals surface area contributed by atoms with Crippen LogP contribution < -0.4 is 9.62 Å². The van der Waals surface area contributed by atoms with Gasteiger partial charge in [-0.05, 0) is 81.4 Å². The van der Waals surface area contributed by atoms with Crippen molar-refractivity contribution in [3.63, 3.8) is 0 Å². The van der Waals surface area contributed by atoms with Crippen molar-refractivity contribution in [1.82, 2.24) is 14.9 Å². The first kappa shape index (κ1) is 27.9. The molecule has 206 valence electrons. The fraction of sp³-hybridized carbons (Fsp3) is 0.429. The quantitative estimate of drug-likeness (QED) is 0.425. The van der Waals surface area contributed by atoms with Crippen LogP contribution in [-0.2, 0) is 16.4 Å². The van der Waals surface area contributed by atoms with Crippen LogP contribution in [0.2, 0.25) is 0 Å². The summed E-state index contributed by atoms with van der Waals surface area (Å²) in [6.45, 7) is 3.50. The molecule has 1 aromatic heterocycles. The van der Waals surface area contributed by atoms with E-state index < -0.39 is 26.6 Å². The molecule has 3 aromatic rings. The molecule has 1 N–H and O–H groups in total. The third-order valence-electron chi connectivity index (χ3n) is 6.97. The number of rotatable bonds is 7. The molecule has 1 unspecified atom stereocenters. The van der Waals surface area contributed by atoms with Gasteiger partial charge < -0.3 is 9.80 Å². The smallest absolute Gasteiger partial charge is 0.268 e. The Morgan fingerprint density at radius 1 is 1.11 bits per heavy atom. The van der Waals surface area contributed by atoms with Crippen LogP contribution in [0, 0.1) is 11.6 Å². The molecule has 5 rings (SSSR count). The second-order valence-electron chi connectivity index (χ2n) is 10.0. The summed E-state index contributed by atoms with van der Waals surface area (Å²) >= 11 is 0. The maximum Gasteiger partial charge on any atom is 0.268 e. The molecule has 38 heavy (non-hydrogen) atoms. The maximum atomic E-state index is 14.6.